The van der Waals surface area contributed by atoms with Gasteiger partial charge in [-0.1, -0.05) is 29.3 Å². The van der Waals surface area contributed by atoms with Crippen molar-refractivity contribution in [2.45, 2.75) is 6.54 Å². The Labute approximate surface area is 144 Å². The van der Waals surface area contributed by atoms with Crippen LogP contribution < -0.4 is 10.1 Å². The van der Waals surface area contributed by atoms with E-state index >= 15 is 0 Å². The van der Waals surface area contributed by atoms with Crippen LogP contribution in [0.2, 0.25) is 10.0 Å². The number of benzene rings is 2. The first kappa shape index (κ1) is 16.1. The number of hydrogen-bond acceptors (Lipinski definition) is 2. The Kier molecular flexibility index (Phi) is 5.75. The minimum absolute atomic E-state index is 0.493. The van der Waals surface area contributed by atoms with Crippen molar-refractivity contribution in [3.63, 3.8) is 0 Å². The second-order valence-corrected chi connectivity index (χ2v) is 6.62. The van der Waals surface area contributed by atoms with Crippen molar-refractivity contribution in [3.05, 3.63) is 54.9 Å². The largest absolute Gasteiger partial charge is 0.455 e. The summed E-state index contributed by atoms with van der Waals surface area (Å²) < 4.78 is 7.40. The van der Waals surface area contributed by atoms with Gasteiger partial charge in [0, 0.05) is 17.1 Å². The van der Waals surface area contributed by atoms with Crippen LogP contribution >= 0.6 is 55.1 Å². The van der Waals surface area contributed by atoms with E-state index in [2.05, 4.69) is 37.2 Å². The maximum atomic E-state index is 6.15. The van der Waals surface area contributed by atoms with Crippen molar-refractivity contribution in [3.8, 4) is 11.5 Å². The van der Waals surface area contributed by atoms with E-state index in [0.717, 1.165) is 21.1 Å². The molecule has 0 amide bonds. The van der Waals surface area contributed by atoms with Gasteiger partial charge in [0.15, 0.2) is 0 Å². The van der Waals surface area contributed by atoms with Gasteiger partial charge in [-0.05, 0) is 62.7 Å². The van der Waals surface area contributed by atoms with Crippen LogP contribution in [-0.2, 0) is 6.54 Å². The SMILES string of the molecule is CNCc1ccc(Oc2cc(Cl)c(Br)cc2Cl)c(Br)c1. The average Bonchev–Trinajstić information content (AvgIpc) is 2.39. The van der Waals surface area contributed by atoms with Gasteiger partial charge in [0.2, 0.25) is 0 Å². The molecule has 106 valence electrons. The van der Waals surface area contributed by atoms with Crippen molar-refractivity contribution in [1.29, 1.82) is 0 Å². The summed E-state index contributed by atoms with van der Waals surface area (Å²) in [6.07, 6.45) is 0. The van der Waals surface area contributed by atoms with E-state index in [1.54, 1.807) is 12.1 Å². The minimum atomic E-state index is 0.493. The van der Waals surface area contributed by atoms with Crippen LogP contribution in [0.4, 0.5) is 0 Å². The van der Waals surface area contributed by atoms with Crippen LogP contribution in [-0.4, -0.2) is 7.05 Å². The molecule has 2 aromatic carbocycles. The molecule has 0 aliphatic rings. The minimum Gasteiger partial charge on any atom is -0.455 e. The Morgan fingerprint density at radius 3 is 2.40 bits per heavy atom. The highest BCUT2D eigenvalue weighted by Crippen LogP contribution is 2.38. The normalized spacial score (nSPS) is 10.7. The first-order valence-electron chi connectivity index (χ1n) is 5.76. The first-order valence-corrected chi connectivity index (χ1v) is 8.11. The lowest BCUT2D eigenvalue weighted by Gasteiger charge is -2.11. The Hall–Kier alpha value is -0.260. The molecule has 0 fully saturated rings. The molecular formula is C14H11Br2Cl2NO. The third kappa shape index (κ3) is 3.89. The van der Waals surface area contributed by atoms with Gasteiger partial charge in [-0.15, -0.1) is 0 Å². The van der Waals surface area contributed by atoms with E-state index in [1.165, 1.54) is 0 Å². The van der Waals surface area contributed by atoms with Gasteiger partial charge in [0.05, 0.1) is 14.5 Å². The molecule has 1 N–H and O–H groups in total. The highest BCUT2D eigenvalue weighted by atomic mass is 79.9. The number of hydrogen-bond donors (Lipinski definition) is 1. The van der Waals surface area contributed by atoms with Crippen molar-refractivity contribution >= 4 is 55.1 Å². The fraction of sp³-hybridized carbons (Fsp3) is 0.143. The Morgan fingerprint density at radius 2 is 1.75 bits per heavy atom. The summed E-state index contributed by atoms with van der Waals surface area (Å²) in [5.41, 5.74) is 1.16. The van der Waals surface area contributed by atoms with Crippen LogP contribution in [0.1, 0.15) is 5.56 Å². The third-order valence-corrected chi connectivity index (χ3v) is 4.68. The van der Waals surface area contributed by atoms with Gasteiger partial charge < -0.3 is 10.1 Å². The lowest BCUT2D eigenvalue weighted by atomic mass is 10.2. The van der Waals surface area contributed by atoms with Crippen LogP contribution in [0.15, 0.2) is 39.3 Å². The molecule has 2 rings (SSSR count). The Morgan fingerprint density at radius 1 is 1.00 bits per heavy atom. The van der Waals surface area contributed by atoms with Gasteiger partial charge in [-0.3, -0.25) is 0 Å². The Bertz CT molecular complexity index is 635. The molecule has 0 atom stereocenters. The molecule has 0 saturated heterocycles. The van der Waals surface area contributed by atoms with Crippen LogP contribution in [0.5, 0.6) is 11.5 Å². The number of ether oxygens (including phenoxy) is 1. The maximum absolute atomic E-state index is 6.15. The summed E-state index contributed by atoms with van der Waals surface area (Å²) in [5, 5.41) is 4.14. The van der Waals surface area contributed by atoms with Gasteiger partial charge in [-0.25, -0.2) is 0 Å². The lowest BCUT2D eigenvalue weighted by Crippen LogP contribution is -2.04. The monoisotopic (exact) mass is 437 g/mol. The summed E-state index contributed by atoms with van der Waals surface area (Å²) in [7, 11) is 1.90. The highest BCUT2D eigenvalue weighted by molar-refractivity contribution is 9.10. The van der Waals surface area contributed by atoms with Gasteiger partial charge in [-0.2, -0.15) is 0 Å². The summed E-state index contributed by atoms with van der Waals surface area (Å²) >= 11 is 19.0. The topological polar surface area (TPSA) is 21.3 Å². The van der Waals surface area contributed by atoms with Gasteiger partial charge in [0.25, 0.3) is 0 Å². The zero-order valence-electron chi connectivity index (χ0n) is 10.5. The molecule has 0 spiro atoms. The van der Waals surface area contributed by atoms with Crippen LogP contribution in [0.25, 0.3) is 0 Å². The van der Waals surface area contributed by atoms with Crippen molar-refractivity contribution < 1.29 is 4.74 Å². The fourth-order valence-corrected chi connectivity index (χ4v) is 2.98. The summed E-state index contributed by atoms with van der Waals surface area (Å²) in [6.45, 7) is 0.795. The predicted molar refractivity (Wildman–Crippen MR) is 91.1 cm³/mol. The van der Waals surface area contributed by atoms with Crippen LogP contribution in [0, 0.1) is 0 Å². The summed E-state index contributed by atoms with van der Waals surface area (Å²) in [5.74, 6) is 1.20. The summed E-state index contributed by atoms with van der Waals surface area (Å²) in [4.78, 5) is 0. The molecule has 0 heterocycles. The molecule has 0 aliphatic carbocycles. The molecule has 20 heavy (non-hydrogen) atoms. The molecule has 2 nitrogen and oxygen atoms in total. The molecular weight excluding hydrogens is 429 g/mol. The number of halogens is 4. The van der Waals surface area contributed by atoms with E-state index in [1.807, 2.05) is 25.2 Å². The van der Waals surface area contributed by atoms with E-state index < -0.39 is 0 Å². The molecule has 0 aliphatic heterocycles. The van der Waals surface area contributed by atoms with Crippen LogP contribution in [0.3, 0.4) is 0 Å². The molecule has 2 aromatic rings. The number of nitrogens with one attached hydrogen (secondary N) is 1. The zero-order chi connectivity index (χ0) is 14.7. The van der Waals surface area contributed by atoms with E-state index in [9.17, 15) is 0 Å². The second-order valence-electron chi connectivity index (χ2n) is 4.09. The van der Waals surface area contributed by atoms with Gasteiger partial charge >= 0.3 is 0 Å². The number of rotatable bonds is 4. The zero-order valence-corrected chi connectivity index (χ0v) is 15.2. The van der Waals surface area contributed by atoms with E-state index in [-0.39, 0.29) is 0 Å². The second kappa shape index (κ2) is 7.14. The van der Waals surface area contributed by atoms with Gasteiger partial charge in [0.1, 0.15) is 11.5 Å². The molecule has 0 unspecified atom stereocenters. The first-order chi connectivity index (χ1) is 9.51. The van der Waals surface area contributed by atoms with Crippen molar-refractivity contribution in [2.24, 2.45) is 0 Å². The fourth-order valence-electron chi connectivity index (χ4n) is 1.64. The lowest BCUT2D eigenvalue weighted by molar-refractivity contribution is 0.479. The van der Waals surface area contributed by atoms with E-state index in [0.29, 0.717) is 21.5 Å². The quantitative estimate of drug-likeness (QED) is 0.587. The van der Waals surface area contributed by atoms with Crippen molar-refractivity contribution in [2.75, 3.05) is 7.05 Å². The summed E-state index contributed by atoms with van der Waals surface area (Å²) in [6, 6.07) is 9.28. The average molecular weight is 440 g/mol. The third-order valence-electron chi connectivity index (χ3n) is 2.57. The maximum Gasteiger partial charge on any atom is 0.147 e. The molecule has 0 saturated carbocycles. The molecule has 0 radical (unpaired) electrons. The van der Waals surface area contributed by atoms with E-state index in [4.69, 9.17) is 27.9 Å². The smallest absolute Gasteiger partial charge is 0.147 e. The molecule has 0 bridgehead atoms. The molecule has 6 heteroatoms. The standard InChI is InChI=1S/C14H11Br2Cl2NO/c1-19-7-8-2-3-13(10(16)4-8)20-14-6-11(17)9(15)5-12(14)18/h2-6,19H,7H2,1H3. The van der Waals surface area contributed by atoms with Crippen molar-refractivity contribution in [1.82, 2.24) is 5.32 Å². The molecule has 0 aromatic heterocycles. The Balaban J connectivity index is 2.28. The highest BCUT2D eigenvalue weighted by Gasteiger charge is 2.10. The predicted octanol–water partition coefficient (Wildman–Crippen LogP) is 6.03.